The zero-order valence-corrected chi connectivity index (χ0v) is 18.1. The van der Waals surface area contributed by atoms with E-state index in [1.54, 1.807) is 32.4 Å². The molecule has 0 atom stereocenters. The number of benzene rings is 2. The van der Waals surface area contributed by atoms with E-state index in [2.05, 4.69) is 4.72 Å². The van der Waals surface area contributed by atoms with Gasteiger partial charge in [-0.3, -0.25) is 0 Å². The number of nitrogens with one attached hydrogen (secondary N) is 1. The zero-order chi connectivity index (χ0) is 20.9. The highest BCUT2D eigenvalue weighted by atomic mass is 32.2. The third kappa shape index (κ3) is 4.97. The van der Waals surface area contributed by atoms with Gasteiger partial charge >= 0.3 is 0 Å². The first-order valence-electron chi connectivity index (χ1n) is 9.12. The smallest absolute Gasteiger partial charge is 0.244 e. The second-order valence-electron chi connectivity index (χ2n) is 6.85. The molecule has 0 aromatic heterocycles. The van der Waals surface area contributed by atoms with Crippen molar-refractivity contribution in [3.05, 3.63) is 47.0 Å². The SMILES string of the molecule is COc1ccc(CCNS(=O)(=O)c2cc(C(C)C)c(C)cc2OC)cc1OC. The maximum atomic E-state index is 12.9. The van der Waals surface area contributed by atoms with Crippen molar-refractivity contribution in [3.8, 4) is 17.2 Å². The summed E-state index contributed by atoms with van der Waals surface area (Å²) in [6, 6.07) is 9.02. The molecule has 0 aliphatic carbocycles. The summed E-state index contributed by atoms with van der Waals surface area (Å²) in [4.78, 5) is 0.164. The van der Waals surface area contributed by atoms with Crippen molar-refractivity contribution >= 4 is 10.0 Å². The van der Waals surface area contributed by atoms with Gasteiger partial charge in [-0.2, -0.15) is 0 Å². The Kier molecular flexibility index (Phi) is 7.32. The summed E-state index contributed by atoms with van der Waals surface area (Å²) in [6.45, 7) is 6.29. The molecule has 0 unspecified atom stereocenters. The summed E-state index contributed by atoms with van der Waals surface area (Å²) >= 11 is 0. The molecule has 0 amide bonds. The minimum Gasteiger partial charge on any atom is -0.495 e. The van der Waals surface area contributed by atoms with Gasteiger partial charge in [0.2, 0.25) is 10.0 Å². The van der Waals surface area contributed by atoms with E-state index in [1.807, 2.05) is 32.9 Å². The van der Waals surface area contributed by atoms with Crippen molar-refractivity contribution in [1.29, 1.82) is 0 Å². The Bertz CT molecular complexity index is 923. The van der Waals surface area contributed by atoms with Gasteiger partial charge in [0.05, 0.1) is 21.3 Å². The standard InChI is InChI=1S/C21H29NO5S/c1-14(2)17-13-21(20(27-6)11-15(17)3)28(23,24)22-10-9-16-7-8-18(25-4)19(12-16)26-5/h7-8,11-14,22H,9-10H2,1-6H3. The second kappa shape index (κ2) is 9.30. The molecule has 0 saturated heterocycles. The van der Waals surface area contributed by atoms with Crippen LogP contribution in [-0.4, -0.2) is 36.3 Å². The highest BCUT2D eigenvalue weighted by Crippen LogP contribution is 2.31. The third-order valence-corrected chi connectivity index (χ3v) is 6.10. The monoisotopic (exact) mass is 407 g/mol. The Hall–Kier alpha value is -2.25. The lowest BCUT2D eigenvalue weighted by Gasteiger charge is -2.16. The molecule has 6 nitrogen and oxygen atoms in total. The summed E-state index contributed by atoms with van der Waals surface area (Å²) < 4.78 is 44.3. The van der Waals surface area contributed by atoms with Crippen LogP contribution in [0.1, 0.15) is 36.5 Å². The van der Waals surface area contributed by atoms with Crippen LogP contribution >= 0.6 is 0 Å². The van der Waals surface area contributed by atoms with Crippen LogP contribution in [0.4, 0.5) is 0 Å². The van der Waals surface area contributed by atoms with Gasteiger partial charge in [0.15, 0.2) is 11.5 Å². The first kappa shape index (κ1) is 22.0. The van der Waals surface area contributed by atoms with E-state index in [0.29, 0.717) is 23.7 Å². The van der Waals surface area contributed by atoms with Crippen LogP contribution in [0.25, 0.3) is 0 Å². The van der Waals surface area contributed by atoms with Gasteiger partial charge < -0.3 is 14.2 Å². The third-order valence-electron chi connectivity index (χ3n) is 4.62. The molecule has 2 aromatic carbocycles. The highest BCUT2D eigenvalue weighted by Gasteiger charge is 2.22. The van der Waals surface area contributed by atoms with E-state index >= 15 is 0 Å². The van der Waals surface area contributed by atoms with Crippen LogP contribution in [-0.2, 0) is 16.4 Å². The summed E-state index contributed by atoms with van der Waals surface area (Å²) in [6.07, 6.45) is 0.519. The largest absolute Gasteiger partial charge is 0.495 e. The maximum absolute atomic E-state index is 12.9. The summed E-state index contributed by atoms with van der Waals surface area (Å²) in [7, 11) is 0.918. The molecule has 28 heavy (non-hydrogen) atoms. The maximum Gasteiger partial charge on any atom is 0.244 e. The van der Waals surface area contributed by atoms with E-state index < -0.39 is 10.0 Å². The van der Waals surface area contributed by atoms with Gasteiger partial charge in [-0.1, -0.05) is 19.9 Å². The highest BCUT2D eigenvalue weighted by molar-refractivity contribution is 7.89. The van der Waals surface area contributed by atoms with Crippen molar-refractivity contribution < 1.29 is 22.6 Å². The van der Waals surface area contributed by atoms with Gasteiger partial charge in [0, 0.05) is 6.54 Å². The van der Waals surface area contributed by atoms with Crippen LogP contribution in [0.2, 0.25) is 0 Å². The lowest BCUT2D eigenvalue weighted by atomic mass is 9.98. The summed E-state index contributed by atoms with van der Waals surface area (Å²) in [5.41, 5.74) is 2.94. The summed E-state index contributed by atoms with van der Waals surface area (Å²) in [5, 5.41) is 0. The molecule has 0 saturated carbocycles. The first-order chi connectivity index (χ1) is 13.2. The number of hydrogen-bond donors (Lipinski definition) is 1. The van der Waals surface area contributed by atoms with Crippen molar-refractivity contribution in [1.82, 2.24) is 4.72 Å². The molecule has 0 fully saturated rings. The van der Waals surface area contributed by atoms with Crippen LogP contribution < -0.4 is 18.9 Å². The Morgan fingerprint density at radius 2 is 1.57 bits per heavy atom. The molecule has 0 bridgehead atoms. The molecule has 154 valence electrons. The number of aryl methyl sites for hydroxylation is 1. The molecule has 0 heterocycles. The van der Waals surface area contributed by atoms with E-state index in [1.165, 1.54) is 7.11 Å². The van der Waals surface area contributed by atoms with E-state index in [4.69, 9.17) is 14.2 Å². The van der Waals surface area contributed by atoms with Gasteiger partial charge in [-0.15, -0.1) is 0 Å². The topological polar surface area (TPSA) is 73.9 Å². The molecule has 0 aliphatic rings. The van der Waals surface area contributed by atoms with E-state index in [0.717, 1.165) is 16.7 Å². The van der Waals surface area contributed by atoms with E-state index in [-0.39, 0.29) is 17.4 Å². The molecule has 0 spiro atoms. The molecular formula is C21H29NO5S. The molecule has 2 aromatic rings. The van der Waals surface area contributed by atoms with Crippen molar-refractivity contribution in [2.24, 2.45) is 0 Å². The van der Waals surface area contributed by atoms with Crippen molar-refractivity contribution in [2.75, 3.05) is 27.9 Å². The fourth-order valence-corrected chi connectivity index (χ4v) is 4.33. The van der Waals surface area contributed by atoms with Crippen molar-refractivity contribution in [3.63, 3.8) is 0 Å². The normalized spacial score (nSPS) is 11.5. The lowest BCUT2D eigenvalue weighted by Crippen LogP contribution is -2.26. The average Bonchev–Trinajstić information content (AvgIpc) is 2.66. The minimum atomic E-state index is -3.71. The number of sulfonamides is 1. The van der Waals surface area contributed by atoms with Gasteiger partial charge in [0.25, 0.3) is 0 Å². The molecule has 2 rings (SSSR count). The van der Waals surface area contributed by atoms with Crippen molar-refractivity contribution in [2.45, 2.75) is 38.0 Å². The Morgan fingerprint density at radius 1 is 0.929 bits per heavy atom. The number of hydrogen-bond acceptors (Lipinski definition) is 5. The number of ether oxygens (including phenoxy) is 3. The van der Waals surface area contributed by atoms with E-state index in [9.17, 15) is 8.42 Å². The van der Waals surface area contributed by atoms with Crippen LogP contribution in [0.15, 0.2) is 35.2 Å². The number of methoxy groups -OCH3 is 3. The Morgan fingerprint density at radius 3 is 2.14 bits per heavy atom. The van der Waals surface area contributed by atoms with Crippen LogP contribution in [0.3, 0.4) is 0 Å². The van der Waals surface area contributed by atoms with Crippen LogP contribution in [0, 0.1) is 6.92 Å². The fourth-order valence-electron chi connectivity index (χ4n) is 3.11. The predicted molar refractivity (Wildman–Crippen MR) is 110 cm³/mol. The predicted octanol–water partition coefficient (Wildman–Crippen LogP) is 3.67. The molecule has 0 radical (unpaired) electrons. The van der Waals surface area contributed by atoms with Gasteiger partial charge in [0.1, 0.15) is 10.6 Å². The lowest BCUT2D eigenvalue weighted by molar-refractivity contribution is 0.354. The quantitative estimate of drug-likeness (QED) is 0.687. The Labute approximate surface area is 167 Å². The molecular weight excluding hydrogens is 378 g/mol. The second-order valence-corrected chi connectivity index (χ2v) is 8.59. The Balaban J connectivity index is 2.19. The van der Waals surface area contributed by atoms with Gasteiger partial charge in [-0.05, 0) is 60.2 Å². The first-order valence-corrected chi connectivity index (χ1v) is 10.6. The number of rotatable bonds is 9. The summed E-state index contributed by atoms with van der Waals surface area (Å²) in [5.74, 6) is 1.81. The van der Waals surface area contributed by atoms with Crippen LogP contribution in [0.5, 0.6) is 17.2 Å². The average molecular weight is 408 g/mol. The van der Waals surface area contributed by atoms with Gasteiger partial charge in [-0.25, -0.2) is 13.1 Å². The molecule has 0 aliphatic heterocycles. The fraction of sp³-hybridized carbons (Fsp3) is 0.429. The molecule has 1 N–H and O–H groups in total. The molecule has 7 heteroatoms. The minimum absolute atomic E-state index is 0.164. The zero-order valence-electron chi connectivity index (χ0n) is 17.3.